The Morgan fingerprint density at radius 3 is 2.94 bits per heavy atom. The predicted octanol–water partition coefficient (Wildman–Crippen LogP) is 4.56. The molecule has 0 spiro atoms. The highest BCUT2D eigenvalue weighted by atomic mass is 16.5. The van der Waals surface area contributed by atoms with Crippen LogP contribution in [0.25, 0.3) is 11.0 Å². The van der Waals surface area contributed by atoms with Gasteiger partial charge in [0.2, 0.25) is 0 Å². The monoisotopic (exact) mass is 412 g/mol. The molecule has 0 bridgehead atoms. The van der Waals surface area contributed by atoms with Gasteiger partial charge in [0, 0.05) is 42.5 Å². The Bertz CT molecular complexity index is 1160. The number of ether oxygens (including phenoxy) is 1. The van der Waals surface area contributed by atoms with Crippen LogP contribution in [0.1, 0.15) is 40.5 Å². The molecule has 1 amide bonds. The third-order valence-corrected chi connectivity index (χ3v) is 5.71. The number of H-pyrrole nitrogens is 1. The summed E-state index contributed by atoms with van der Waals surface area (Å²) in [4.78, 5) is 27.4. The molecule has 1 saturated heterocycles. The smallest absolute Gasteiger partial charge is 0.254 e. The van der Waals surface area contributed by atoms with E-state index in [2.05, 4.69) is 9.97 Å². The Kier molecular flexibility index (Phi) is 5.35. The molecule has 5 rings (SSSR count). The number of amides is 1. The van der Waals surface area contributed by atoms with E-state index in [1.165, 1.54) is 0 Å². The SMILES string of the molecule is O=C(c1cccc(OCc2cccnc2)c1)N1CCCC(c2nc3ccccc3[nH]2)C1. The summed E-state index contributed by atoms with van der Waals surface area (Å²) in [5.74, 6) is 1.90. The maximum Gasteiger partial charge on any atom is 0.254 e. The number of rotatable bonds is 5. The summed E-state index contributed by atoms with van der Waals surface area (Å²) in [6, 6.07) is 19.3. The van der Waals surface area contributed by atoms with Crippen molar-refractivity contribution >= 4 is 16.9 Å². The van der Waals surface area contributed by atoms with Crippen molar-refractivity contribution in [2.75, 3.05) is 13.1 Å². The molecule has 31 heavy (non-hydrogen) atoms. The van der Waals surface area contributed by atoms with Crippen molar-refractivity contribution in [2.24, 2.45) is 0 Å². The summed E-state index contributed by atoms with van der Waals surface area (Å²) in [5, 5.41) is 0. The number of fused-ring (bicyclic) bond motifs is 1. The number of pyridine rings is 1. The Balaban J connectivity index is 1.28. The van der Waals surface area contributed by atoms with E-state index >= 15 is 0 Å². The van der Waals surface area contributed by atoms with Crippen LogP contribution in [-0.4, -0.2) is 38.8 Å². The van der Waals surface area contributed by atoms with E-state index in [-0.39, 0.29) is 11.8 Å². The minimum absolute atomic E-state index is 0.0349. The number of aromatic nitrogens is 3. The lowest BCUT2D eigenvalue weighted by atomic mass is 9.96. The Labute approximate surface area is 180 Å². The van der Waals surface area contributed by atoms with Gasteiger partial charge in [0.25, 0.3) is 5.91 Å². The minimum atomic E-state index is 0.0349. The van der Waals surface area contributed by atoms with E-state index in [0.717, 1.165) is 41.8 Å². The first kappa shape index (κ1) is 19.3. The van der Waals surface area contributed by atoms with Crippen molar-refractivity contribution in [1.82, 2.24) is 19.9 Å². The molecule has 6 nitrogen and oxygen atoms in total. The van der Waals surface area contributed by atoms with Gasteiger partial charge in [0.05, 0.1) is 11.0 Å². The van der Waals surface area contributed by atoms with E-state index in [1.54, 1.807) is 12.4 Å². The second-order valence-corrected chi connectivity index (χ2v) is 7.91. The number of likely N-dealkylation sites (tertiary alicyclic amines) is 1. The molecule has 1 aliphatic rings. The molecule has 3 heterocycles. The first-order chi connectivity index (χ1) is 15.3. The van der Waals surface area contributed by atoms with Gasteiger partial charge in [0.1, 0.15) is 18.2 Å². The fourth-order valence-electron chi connectivity index (χ4n) is 4.10. The number of nitrogens with one attached hydrogen (secondary N) is 1. The van der Waals surface area contributed by atoms with E-state index < -0.39 is 0 Å². The molecular formula is C25H24N4O2. The fourth-order valence-corrected chi connectivity index (χ4v) is 4.10. The number of nitrogens with zero attached hydrogens (tertiary/aromatic N) is 3. The number of hydrogen-bond acceptors (Lipinski definition) is 4. The highest BCUT2D eigenvalue weighted by molar-refractivity contribution is 5.94. The number of carbonyl (C=O) groups excluding carboxylic acids is 1. The van der Waals surface area contributed by atoms with Crippen LogP contribution in [0.4, 0.5) is 0 Å². The van der Waals surface area contributed by atoms with Crippen LogP contribution >= 0.6 is 0 Å². The minimum Gasteiger partial charge on any atom is -0.489 e. The summed E-state index contributed by atoms with van der Waals surface area (Å²) in [7, 11) is 0. The van der Waals surface area contributed by atoms with E-state index in [1.807, 2.05) is 65.6 Å². The maximum atomic E-state index is 13.2. The summed E-state index contributed by atoms with van der Waals surface area (Å²) in [6.07, 6.45) is 5.50. The molecule has 1 atom stereocenters. The van der Waals surface area contributed by atoms with E-state index in [9.17, 15) is 4.79 Å². The third-order valence-electron chi connectivity index (χ3n) is 5.71. The van der Waals surface area contributed by atoms with Gasteiger partial charge in [-0.15, -0.1) is 0 Å². The number of hydrogen-bond donors (Lipinski definition) is 1. The lowest BCUT2D eigenvalue weighted by molar-refractivity contribution is 0.0704. The Morgan fingerprint density at radius 2 is 2.06 bits per heavy atom. The summed E-state index contributed by atoms with van der Waals surface area (Å²) >= 11 is 0. The lowest BCUT2D eigenvalue weighted by Crippen LogP contribution is -2.39. The van der Waals surface area contributed by atoms with Gasteiger partial charge >= 0.3 is 0 Å². The van der Waals surface area contributed by atoms with Crippen LogP contribution in [0.3, 0.4) is 0 Å². The molecule has 2 aromatic heterocycles. The van der Waals surface area contributed by atoms with Crippen LogP contribution in [0.5, 0.6) is 5.75 Å². The number of aromatic amines is 1. The maximum absolute atomic E-state index is 13.2. The van der Waals surface area contributed by atoms with Crippen LogP contribution in [0.15, 0.2) is 73.1 Å². The number of piperidine rings is 1. The second-order valence-electron chi connectivity index (χ2n) is 7.91. The molecule has 0 radical (unpaired) electrons. The molecule has 0 saturated carbocycles. The van der Waals surface area contributed by atoms with Crippen molar-refractivity contribution in [3.63, 3.8) is 0 Å². The Hall–Kier alpha value is -3.67. The Morgan fingerprint density at radius 1 is 1.13 bits per heavy atom. The van der Waals surface area contributed by atoms with Crippen LogP contribution in [0, 0.1) is 0 Å². The topological polar surface area (TPSA) is 71.1 Å². The second kappa shape index (κ2) is 8.60. The van der Waals surface area contributed by atoms with Crippen LogP contribution in [0.2, 0.25) is 0 Å². The highest BCUT2D eigenvalue weighted by Crippen LogP contribution is 2.28. The summed E-state index contributed by atoms with van der Waals surface area (Å²) in [5.41, 5.74) is 3.65. The first-order valence-electron chi connectivity index (χ1n) is 10.6. The molecule has 0 aliphatic carbocycles. The molecule has 1 fully saturated rings. The predicted molar refractivity (Wildman–Crippen MR) is 119 cm³/mol. The van der Waals surface area contributed by atoms with Crippen molar-refractivity contribution in [3.05, 3.63) is 90.0 Å². The zero-order chi connectivity index (χ0) is 21.0. The fraction of sp³-hybridized carbons (Fsp3) is 0.240. The molecule has 1 aliphatic heterocycles. The molecule has 1 unspecified atom stereocenters. The van der Waals surface area contributed by atoms with Gasteiger partial charge < -0.3 is 14.6 Å². The normalized spacial score (nSPS) is 16.4. The molecule has 1 N–H and O–H groups in total. The quantitative estimate of drug-likeness (QED) is 0.522. The molecule has 4 aromatic rings. The molecular weight excluding hydrogens is 388 g/mol. The highest BCUT2D eigenvalue weighted by Gasteiger charge is 2.27. The average Bonchev–Trinajstić information content (AvgIpc) is 3.28. The van der Waals surface area contributed by atoms with Crippen molar-refractivity contribution in [2.45, 2.75) is 25.4 Å². The zero-order valence-corrected chi connectivity index (χ0v) is 17.2. The van der Waals surface area contributed by atoms with Crippen LogP contribution < -0.4 is 4.74 Å². The number of carbonyl (C=O) groups is 1. The van der Waals surface area contributed by atoms with Gasteiger partial charge in [-0.1, -0.05) is 24.3 Å². The van der Waals surface area contributed by atoms with Gasteiger partial charge in [-0.3, -0.25) is 9.78 Å². The van der Waals surface area contributed by atoms with Crippen molar-refractivity contribution in [1.29, 1.82) is 0 Å². The largest absolute Gasteiger partial charge is 0.489 e. The van der Waals surface area contributed by atoms with Gasteiger partial charge in [-0.05, 0) is 49.2 Å². The lowest BCUT2D eigenvalue weighted by Gasteiger charge is -2.32. The number of benzene rings is 2. The van der Waals surface area contributed by atoms with Gasteiger partial charge in [-0.25, -0.2) is 4.98 Å². The number of imidazole rings is 1. The van der Waals surface area contributed by atoms with Gasteiger partial charge in [0.15, 0.2) is 0 Å². The van der Waals surface area contributed by atoms with Crippen molar-refractivity contribution in [3.8, 4) is 5.75 Å². The van der Waals surface area contributed by atoms with E-state index in [4.69, 9.17) is 9.72 Å². The summed E-state index contributed by atoms with van der Waals surface area (Å²) < 4.78 is 5.87. The molecule has 156 valence electrons. The summed E-state index contributed by atoms with van der Waals surface area (Å²) in [6.45, 7) is 1.85. The standard InChI is InChI=1S/C25H24N4O2/c30-25(19-7-3-9-21(14-19)31-17-18-6-4-12-26-15-18)29-13-5-8-20(16-29)24-27-22-10-1-2-11-23(22)28-24/h1-4,6-7,9-12,14-15,20H,5,8,13,16-17H2,(H,27,28). The van der Waals surface area contributed by atoms with Crippen molar-refractivity contribution < 1.29 is 9.53 Å². The zero-order valence-electron chi connectivity index (χ0n) is 17.2. The van der Waals surface area contributed by atoms with Crippen LogP contribution in [-0.2, 0) is 6.61 Å². The first-order valence-corrected chi connectivity index (χ1v) is 10.6. The third kappa shape index (κ3) is 4.28. The van der Waals surface area contributed by atoms with E-state index in [0.29, 0.717) is 24.5 Å². The average molecular weight is 412 g/mol. The molecule has 6 heteroatoms. The molecule has 2 aromatic carbocycles. The van der Waals surface area contributed by atoms with Gasteiger partial charge in [-0.2, -0.15) is 0 Å². The number of para-hydroxylation sites is 2.